The van der Waals surface area contributed by atoms with Crippen LogP contribution in [0.4, 0.5) is 0 Å². The minimum atomic E-state index is 0.587. The molecule has 0 aliphatic heterocycles. The molecule has 0 rings (SSSR count). The van der Waals surface area contributed by atoms with Crippen LogP contribution in [0.5, 0.6) is 0 Å². The fourth-order valence-electron chi connectivity index (χ4n) is 1.48. The molecule has 0 fully saturated rings. The second-order valence-corrected chi connectivity index (χ2v) is 3.82. The van der Waals surface area contributed by atoms with E-state index in [4.69, 9.17) is 5.41 Å². The molecule has 0 radical (unpaired) electrons. The van der Waals surface area contributed by atoms with Gasteiger partial charge in [0, 0.05) is 31.0 Å². The summed E-state index contributed by atoms with van der Waals surface area (Å²) in [7, 11) is 1.97. The van der Waals surface area contributed by atoms with Gasteiger partial charge >= 0.3 is 0 Å². The number of allylic oxidation sites excluding steroid dienone is 3. The molecular weight excluding hydrogens is 198 g/mol. The molecule has 16 heavy (non-hydrogen) atoms. The molecule has 3 heteroatoms. The predicted molar refractivity (Wildman–Crippen MR) is 72.1 cm³/mol. The van der Waals surface area contributed by atoms with Gasteiger partial charge in [0.25, 0.3) is 0 Å². The lowest BCUT2D eigenvalue weighted by Gasteiger charge is -2.25. The summed E-state index contributed by atoms with van der Waals surface area (Å²) in [6, 6.07) is 0. The van der Waals surface area contributed by atoms with E-state index < -0.39 is 0 Å². The minimum absolute atomic E-state index is 0.587. The number of rotatable bonds is 8. The van der Waals surface area contributed by atoms with Gasteiger partial charge in [-0.3, -0.25) is 0 Å². The zero-order valence-electron chi connectivity index (χ0n) is 11.0. The SMILES string of the molecule is C/C=C(\C=C/C(C)=N)N(CCC)CCNC. The average Bonchev–Trinajstić information content (AvgIpc) is 2.26. The summed E-state index contributed by atoms with van der Waals surface area (Å²) < 4.78 is 0. The number of likely N-dealkylation sites (N-methyl/N-ethyl adjacent to an activating group) is 1. The van der Waals surface area contributed by atoms with Crippen LogP contribution in [-0.2, 0) is 0 Å². The van der Waals surface area contributed by atoms with Gasteiger partial charge in [-0.25, -0.2) is 0 Å². The highest BCUT2D eigenvalue weighted by Crippen LogP contribution is 2.06. The lowest BCUT2D eigenvalue weighted by Crippen LogP contribution is -2.30. The second-order valence-electron chi connectivity index (χ2n) is 3.82. The molecule has 2 N–H and O–H groups in total. The van der Waals surface area contributed by atoms with Crippen LogP contribution < -0.4 is 5.32 Å². The number of hydrogen-bond donors (Lipinski definition) is 2. The molecule has 92 valence electrons. The molecule has 0 aromatic heterocycles. The van der Waals surface area contributed by atoms with Crippen molar-refractivity contribution < 1.29 is 0 Å². The van der Waals surface area contributed by atoms with E-state index in [0.29, 0.717) is 5.71 Å². The first-order valence-corrected chi connectivity index (χ1v) is 5.94. The lowest BCUT2D eigenvalue weighted by atomic mass is 10.2. The van der Waals surface area contributed by atoms with Crippen molar-refractivity contribution in [3.63, 3.8) is 0 Å². The fourth-order valence-corrected chi connectivity index (χ4v) is 1.48. The van der Waals surface area contributed by atoms with Crippen molar-refractivity contribution in [1.82, 2.24) is 10.2 Å². The molecule has 0 atom stereocenters. The van der Waals surface area contributed by atoms with Crippen molar-refractivity contribution in [2.24, 2.45) is 0 Å². The molecule has 0 amide bonds. The van der Waals surface area contributed by atoms with Gasteiger partial charge in [-0.2, -0.15) is 0 Å². The summed E-state index contributed by atoms with van der Waals surface area (Å²) >= 11 is 0. The van der Waals surface area contributed by atoms with Crippen LogP contribution in [0.2, 0.25) is 0 Å². The van der Waals surface area contributed by atoms with E-state index in [1.165, 1.54) is 5.70 Å². The average molecular weight is 223 g/mol. The van der Waals surface area contributed by atoms with Crippen LogP contribution in [0.15, 0.2) is 23.9 Å². The molecular formula is C13H25N3. The van der Waals surface area contributed by atoms with Crippen LogP contribution in [0.3, 0.4) is 0 Å². The van der Waals surface area contributed by atoms with Crippen molar-refractivity contribution in [3.05, 3.63) is 23.9 Å². The molecule has 0 saturated carbocycles. The first-order chi connectivity index (χ1) is 7.65. The monoisotopic (exact) mass is 223 g/mol. The fraction of sp³-hybridized carbons (Fsp3) is 0.615. The van der Waals surface area contributed by atoms with Gasteiger partial charge in [0.1, 0.15) is 0 Å². The number of hydrogen-bond acceptors (Lipinski definition) is 3. The van der Waals surface area contributed by atoms with Crippen molar-refractivity contribution in [2.75, 3.05) is 26.7 Å². The Kier molecular flexibility index (Phi) is 8.53. The number of nitrogens with zero attached hydrogens (tertiary/aromatic N) is 1. The third-order valence-electron chi connectivity index (χ3n) is 2.29. The Labute approximate surface area is 99.7 Å². The zero-order valence-corrected chi connectivity index (χ0v) is 11.0. The molecule has 0 spiro atoms. The van der Waals surface area contributed by atoms with Gasteiger partial charge in [-0.1, -0.05) is 13.0 Å². The van der Waals surface area contributed by atoms with Gasteiger partial charge in [-0.05, 0) is 39.5 Å². The quantitative estimate of drug-likeness (QED) is 0.490. The molecule has 0 unspecified atom stereocenters. The molecule has 3 nitrogen and oxygen atoms in total. The maximum Gasteiger partial charge on any atom is 0.0323 e. The van der Waals surface area contributed by atoms with Crippen LogP contribution in [0.1, 0.15) is 27.2 Å². The van der Waals surface area contributed by atoms with Gasteiger partial charge in [0.2, 0.25) is 0 Å². The summed E-state index contributed by atoms with van der Waals surface area (Å²) in [5.41, 5.74) is 1.79. The Morgan fingerprint density at radius 2 is 2.00 bits per heavy atom. The smallest absolute Gasteiger partial charge is 0.0323 e. The summed E-state index contributed by atoms with van der Waals surface area (Å²) in [5, 5.41) is 10.6. The van der Waals surface area contributed by atoms with E-state index >= 15 is 0 Å². The van der Waals surface area contributed by atoms with Crippen molar-refractivity contribution in [1.29, 1.82) is 5.41 Å². The highest BCUT2D eigenvalue weighted by Gasteiger charge is 2.04. The highest BCUT2D eigenvalue weighted by molar-refractivity contribution is 5.90. The van der Waals surface area contributed by atoms with Crippen molar-refractivity contribution in [3.8, 4) is 0 Å². The third-order valence-corrected chi connectivity index (χ3v) is 2.29. The Balaban J connectivity index is 4.51. The minimum Gasteiger partial charge on any atom is -0.371 e. The molecule has 0 aromatic carbocycles. The van der Waals surface area contributed by atoms with E-state index in [9.17, 15) is 0 Å². The van der Waals surface area contributed by atoms with E-state index in [1.807, 2.05) is 26.1 Å². The first-order valence-electron chi connectivity index (χ1n) is 5.94. The summed E-state index contributed by atoms with van der Waals surface area (Å²) in [6.07, 6.45) is 7.11. The zero-order chi connectivity index (χ0) is 12.4. The number of nitrogens with one attached hydrogen (secondary N) is 2. The van der Waals surface area contributed by atoms with E-state index in [-0.39, 0.29) is 0 Å². The lowest BCUT2D eigenvalue weighted by molar-refractivity contribution is 0.354. The summed E-state index contributed by atoms with van der Waals surface area (Å²) in [4.78, 5) is 2.34. The maximum atomic E-state index is 7.40. The summed E-state index contributed by atoms with van der Waals surface area (Å²) in [5.74, 6) is 0. The highest BCUT2D eigenvalue weighted by atomic mass is 15.1. The molecule has 0 aliphatic carbocycles. The summed E-state index contributed by atoms with van der Waals surface area (Å²) in [6.45, 7) is 9.07. The molecule has 0 aliphatic rings. The van der Waals surface area contributed by atoms with Crippen molar-refractivity contribution >= 4 is 5.71 Å². The van der Waals surface area contributed by atoms with E-state index in [1.54, 1.807) is 6.92 Å². The Morgan fingerprint density at radius 1 is 1.31 bits per heavy atom. The molecule has 0 heterocycles. The van der Waals surface area contributed by atoms with Gasteiger partial charge in [0.15, 0.2) is 0 Å². The van der Waals surface area contributed by atoms with Crippen LogP contribution >= 0.6 is 0 Å². The second kappa shape index (κ2) is 9.16. The Bertz CT molecular complexity index is 254. The molecule has 0 saturated heterocycles. The third kappa shape index (κ3) is 6.40. The Morgan fingerprint density at radius 3 is 2.44 bits per heavy atom. The van der Waals surface area contributed by atoms with E-state index in [2.05, 4.69) is 23.2 Å². The predicted octanol–water partition coefficient (Wildman–Crippen LogP) is 2.42. The Hall–Kier alpha value is -1.09. The largest absolute Gasteiger partial charge is 0.371 e. The van der Waals surface area contributed by atoms with Crippen molar-refractivity contribution in [2.45, 2.75) is 27.2 Å². The normalized spacial score (nSPS) is 12.1. The van der Waals surface area contributed by atoms with Gasteiger partial charge in [0.05, 0.1) is 0 Å². The van der Waals surface area contributed by atoms with Crippen LogP contribution in [0, 0.1) is 5.41 Å². The standard InChI is InChI=1S/C13H25N3/c1-5-10-16(11-9-15-4)13(6-2)8-7-12(3)14/h6-8,14-15H,5,9-11H2,1-4H3/b8-7-,13-6+,14-12?. The van der Waals surface area contributed by atoms with Gasteiger partial charge < -0.3 is 15.6 Å². The first kappa shape index (κ1) is 14.9. The molecule has 0 aromatic rings. The molecule has 0 bridgehead atoms. The van der Waals surface area contributed by atoms with Crippen LogP contribution in [-0.4, -0.2) is 37.3 Å². The topological polar surface area (TPSA) is 39.1 Å². The van der Waals surface area contributed by atoms with Gasteiger partial charge in [-0.15, -0.1) is 0 Å². The van der Waals surface area contributed by atoms with Crippen LogP contribution in [0.25, 0.3) is 0 Å². The van der Waals surface area contributed by atoms with E-state index in [0.717, 1.165) is 26.1 Å². The maximum absolute atomic E-state index is 7.40.